The van der Waals surface area contributed by atoms with E-state index in [4.69, 9.17) is 4.42 Å². The van der Waals surface area contributed by atoms with Gasteiger partial charge in [-0.2, -0.15) is 0 Å². The maximum Gasteiger partial charge on any atom is 0.251 e. The quantitative estimate of drug-likeness (QED) is 0.742. The van der Waals surface area contributed by atoms with Gasteiger partial charge in [-0.05, 0) is 12.1 Å². The van der Waals surface area contributed by atoms with Crippen LogP contribution in [0.1, 0.15) is 5.89 Å². The zero-order valence-corrected chi connectivity index (χ0v) is 8.93. The van der Waals surface area contributed by atoms with Gasteiger partial charge in [-0.3, -0.25) is 0 Å². The molecule has 0 unspecified atom stereocenters. The van der Waals surface area contributed by atoms with E-state index in [1.807, 2.05) is 31.1 Å². The highest BCUT2D eigenvalue weighted by molar-refractivity contribution is 5.68. The van der Waals surface area contributed by atoms with E-state index < -0.39 is 0 Å². The first-order chi connectivity index (χ1) is 7.18. The Morgan fingerprint density at radius 1 is 1.27 bits per heavy atom. The first-order valence-corrected chi connectivity index (χ1v) is 4.61. The van der Waals surface area contributed by atoms with Crippen molar-refractivity contribution in [1.29, 1.82) is 0 Å². The van der Waals surface area contributed by atoms with Crippen LogP contribution in [0.5, 0.6) is 0 Å². The van der Waals surface area contributed by atoms with Crippen molar-refractivity contribution in [2.45, 2.75) is 6.92 Å². The van der Waals surface area contributed by atoms with Crippen molar-refractivity contribution in [2.75, 3.05) is 19.0 Å². The van der Waals surface area contributed by atoms with E-state index in [0.29, 0.717) is 11.8 Å². The van der Waals surface area contributed by atoms with E-state index in [1.165, 1.54) is 0 Å². The van der Waals surface area contributed by atoms with Crippen LogP contribution in [0.25, 0.3) is 11.5 Å². The van der Waals surface area contributed by atoms with Gasteiger partial charge in [-0.15, -0.1) is 10.2 Å². The molecule has 0 spiro atoms. The smallest absolute Gasteiger partial charge is 0.251 e. The molecule has 0 atom stereocenters. The zero-order chi connectivity index (χ0) is 10.8. The highest BCUT2D eigenvalue weighted by Gasteiger charge is 2.12. The van der Waals surface area contributed by atoms with Crippen LogP contribution in [0.2, 0.25) is 0 Å². The molecule has 0 aliphatic heterocycles. The Hall–Kier alpha value is -1.91. The summed E-state index contributed by atoms with van der Waals surface area (Å²) >= 11 is 0. The molecule has 5 nitrogen and oxygen atoms in total. The molecule has 0 saturated carbocycles. The van der Waals surface area contributed by atoms with Gasteiger partial charge in [0.25, 0.3) is 5.89 Å². The number of aryl methyl sites for hydroxylation is 1. The third-order valence-electron chi connectivity index (χ3n) is 1.97. The van der Waals surface area contributed by atoms with Gasteiger partial charge in [-0.1, -0.05) is 0 Å². The summed E-state index contributed by atoms with van der Waals surface area (Å²) in [6, 6.07) is 3.76. The van der Waals surface area contributed by atoms with E-state index in [9.17, 15) is 0 Å². The summed E-state index contributed by atoms with van der Waals surface area (Å²) < 4.78 is 5.37. The van der Waals surface area contributed by atoms with Crippen LogP contribution in [0.3, 0.4) is 0 Å². The normalized spacial score (nSPS) is 10.3. The lowest BCUT2D eigenvalue weighted by atomic mass is 10.2. The molecule has 2 aromatic heterocycles. The van der Waals surface area contributed by atoms with Crippen molar-refractivity contribution in [3.63, 3.8) is 0 Å². The molecule has 0 aliphatic carbocycles. The summed E-state index contributed by atoms with van der Waals surface area (Å²) in [5.41, 5.74) is 0.850. The zero-order valence-electron chi connectivity index (χ0n) is 8.93. The Labute approximate surface area is 87.8 Å². The summed E-state index contributed by atoms with van der Waals surface area (Å²) in [5, 5.41) is 7.78. The molecule has 0 amide bonds. The first-order valence-electron chi connectivity index (χ1n) is 4.61. The van der Waals surface area contributed by atoms with Gasteiger partial charge < -0.3 is 9.32 Å². The van der Waals surface area contributed by atoms with Crippen LogP contribution in [0.15, 0.2) is 22.7 Å². The van der Waals surface area contributed by atoms with Crippen molar-refractivity contribution >= 4 is 5.82 Å². The maximum absolute atomic E-state index is 5.37. The Balaban J connectivity index is 2.52. The SMILES string of the molecule is Cc1nnc(-c2cccnc2N(C)C)o1. The minimum Gasteiger partial charge on any atom is -0.421 e. The second-order valence-electron chi connectivity index (χ2n) is 3.40. The van der Waals surface area contributed by atoms with Crippen LogP contribution >= 0.6 is 0 Å². The minimum atomic E-state index is 0.504. The van der Waals surface area contributed by atoms with Crippen LogP contribution in [0, 0.1) is 6.92 Å². The second-order valence-corrected chi connectivity index (χ2v) is 3.40. The molecular formula is C10H12N4O. The molecule has 0 aliphatic rings. The third-order valence-corrected chi connectivity index (χ3v) is 1.97. The summed E-state index contributed by atoms with van der Waals surface area (Å²) in [6.45, 7) is 1.77. The van der Waals surface area contributed by atoms with Gasteiger partial charge in [0.1, 0.15) is 5.82 Å². The van der Waals surface area contributed by atoms with E-state index in [-0.39, 0.29) is 0 Å². The molecule has 2 aromatic rings. The van der Waals surface area contributed by atoms with E-state index in [1.54, 1.807) is 13.1 Å². The average molecular weight is 204 g/mol. The van der Waals surface area contributed by atoms with Crippen molar-refractivity contribution in [1.82, 2.24) is 15.2 Å². The Bertz CT molecular complexity index is 464. The van der Waals surface area contributed by atoms with Gasteiger partial charge >= 0.3 is 0 Å². The molecule has 2 rings (SSSR count). The number of anilines is 1. The van der Waals surface area contributed by atoms with Gasteiger partial charge in [0, 0.05) is 27.2 Å². The molecule has 0 bridgehead atoms. The molecule has 0 fully saturated rings. The molecule has 0 N–H and O–H groups in total. The van der Waals surface area contributed by atoms with Crippen molar-refractivity contribution < 1.29 is 4.42 Å². The molecule has 78 valence electrons. The summed E-state index contributed by atoms with van der Waals surface area (Å²) in [4.78, 5) is 6.17. The van der Waals surface area contributed by atoms with Gasteiger partial charge in [0.05, 0.1) is 5.56 Å². The maximum atomic E-state index is 5.37. The fourth-order valence-corrected chi connectivity index (χ4v) is 1.33. The Morgan fingerprint density at radius 2 is 2.07 bits per heavy atom. The van der Waals surface area contributed by atoms with Gasteiger partial charge in [0.15, 0.2) is 0 Å². The van der Waals surface area contributed by atoms with Crippen molar-refractivity contribution in [2.24, 2.45) is 0 Å². The number of pyridine rings is 1. The van der Waals surface area contributed by atoms with Crippen molar-refractivity contribution in [3.8, 4) is 11.5 Å². The van der Waals surface area contributed by atoms with E-state index in [0.717, 1.165) is 11.4 Å². The lowest BCUT2D eigenvalue weighted by molar-refractivity contribution is 0.532. The van der Waals surface area contributed by atoms with Crippen LogP contribution in [-0.2, 0) is 0 Å². The monoisotopic (exact) mass is 204 g/mol. The molecule has 0 aromatic carbocycles. The van der Waals surface area contributed by atoms with E-state index in [2.05, 4.69) is 15.2 Å². The highest BCUT2D eigenvalue weighted by atomic mass is 16.4. The van der Waals surface area contributed by atoms with Crippen molar-refractivity contribution in [3.05, 3.63) is 24.2 Å². The number of hydrogen-bond acceptors (Lipinski definition) is 5. The third kappa shape index (κ3) is 1.81. The number of hydrogen-bond donors (Lipinski definition) is 0. The van der Waals surface area contributed by atoms with E-state index >= 15 is 0 Å². The fraction of sp³-hybridized carbons (Fsp3) is 0.300. The molecule has 2 heterocycles. The summed E-state index contributed by atoms with van der Waals surface area (Å²) in [7, 11) is 3.85. The molecule has 0 radical (unpaired) electrons. The summed E-state index contributed by atoms with van der Waals surface area (Å²) in [6.07, 6.45) is 1.74. The lowest BCUT2D eigenvalue weighted by Gasteiger charge is -2.13. The molecule has 0 saturated heterocycles. The number of rotatable bonds is 2. The molecule has 5 heteroatoms. The lowest BCUT2D eigenvalue weighted by Crippen LogP contribution is -2.11. The predicted molar refractivity (Wildman–Crippen MR) is 56.6 cm³/mol. The fourth-order valence-electron chi connectivity index (χ4n) is 1.33. The predicted octanol–water partition coefficient (Wildman–Crippen LogP) is 1.51. The Kier molecular flexibility index (Phi) is 2.37. The van der Waals surface area contributed by atoms with Crippen LogP contribution < -0.4 is 4.90 Å². The topological polar surface area (TPSA) is 55.1 Å². The summed E-state index contributed by atoms with van der Waals surface area (Å²) in [5.74, 6) is 1.88. The largest absolute Gasteiger partial charge is 0.421 e. The second kappa shape index (κ2) is 3.68. The molecule has 15 heavy (non-hydrogen) atoms. The molecular weight excluding hydrogens is 192 g/mol. The number of nitrogens with zero attached hydrogens (tertiary/aromatic N) is 4. The number of aromatic nitrogens is 3. The standard InChI is InChI=1S/C10H12N4O/c1-7-12-13-10(15-7)8-5-4-6-11-9(8)14(2)3/h4-6H,1-3H3. The first kappa shape index (κ1) is 9.64. The average Bonchev–Trinajstić information content (AvgIpc) is 2.65. The Morgan fingerprint density at radius 3 is 2.67 bits per heavy atom. The van der Waals surface area contributed by atoms with Gasteiger partial charge in [-0.25, -0.2) is 4.98 Å². The van der Waals surface area contributed by atoms with Crippen LogP contribution in [0.4, 0.5) is 5.82 Å². The van der Waals surface area contributed by atoms with Crippen LogP contribution in [-0.4, -0.2) is 29.3 Å². The minimum absolute atomic E-state index is 0.504. The van der Waals surface area contributed by atoms with Gasteiger partial charge in [0.2, 0.25) is 5.89 Å². The highest BCUT2D eigenvalue weighted by Crippen LogP contribution is 2.25.